The lowest BCUT2D eigenvalue weighted by molar-refractivity contribution is -0.135. The number of esters is 1. The molecule has 0 radical (unpaired) electrons. The Hall–Kier alpha value is -2.21. The summed E-state index contributed by atoms with van der Waals surface area (Å²) in [5, 5.41) is 0. The van der Waals surface area contributed by atoms with E-state index in [2.05, 4.69) is 17.5 Å². The van der Waals surface area contributed by atoms with Crippen LogP contribution in [0.1, 0.15) is 82.9 Å². The molecule has 0 spiro atoms. The van der Waals surface area contributed by atoms with Gasteiger partial charge in [0.15, 0.2) is 4.96 Å². The Bertz CT molecular complexity index is 933. The monoisotopic (exact) mass is 458 g/mol. The molecule has 0 aliphatic rings. The first-order chi connectivity index (χ1) is 15.6. The molecule has 0 fully saturated rings. The van der Waals surface area contributed by atoms with Gasteiger partial charge in [0.05, 0.1) is 12.1 Å². The predicted molar refractivity (Wildman–Crippen MR) is 130 cm³/mol. The molecule has 1 aromatic carbocycles. The number of halogens is 1. The lowest BCUT2D eigenvalue weighted by Gasteiger charge is -2.08. The summed E-state index contributed by atoms with van der Waals surface area (Å²) < 4.78 is 21.1. The second-order valence-corrected chi connectivity index (χ2v) is 9.57. The highest BCUT2D eigenvalue weighted by molar-refractivity contribution is 7.17. The van der Waals surface area contributed by atoms with Crippen LogP contribution in [-0.2, 0) is 11.2 Å². The minimum atomic E-state index is -1.13. The highest BCUT2D eigenvalue weighted by atomic mass is 32.1. The normalized spacial score (nSPS) is 12.3. The van der Waals surface area contributed by atoms with Crippen molar-refractivity contribution in [1.82, 2.24) is 9.38 Å². The predicted octanol–water partition coefficient (Wildman–Crippen LogP) is 7.79. The van der Waals surface area contributed by atoms with Gasteiger partial charge in [0.2, 0.25) is 0 Å². The number of carbonyl (C=O) groups excluding carboxylic acids is 1. The maximum Gasteiger partial charge on any atom is 0.314 e. The van der Waals surface area contributed by atoms with Gasteiger partial charge in [-0.15, -0.1) is 11.3 Å². The summed E-state index contributed by atoms with van der Waals surface area (Å²) in [6.45, 7) is 4.25. The maximum atomic E-state index is 13.7. The summed E-state index contributed by atoms with van der Waals surface area (Å²) in [6, 6.07) is 7.25. The van der Waals surface area contributed by atoms with E-state index in [4.69, 9.17) is 9.72 Å². The molecule has 3 rings (SSSR count). The van der Waals surface area contributed by atoms with Crippen LogP contribution in [0.2, 0.25) is 0 Å². The fourth-order valence-corrected chi connectivity index (χ4v) is 4.75. The van der Waals surface area contributed by atoms with Crippen LogP contribution in [0.3, 0.4) is 0 Å². The second kappa shape index (κ2) is 12.7. The lowest BCUT2D eigenvalue weighted by atomic mass is 10.1. The van der Waals surface area contributed by atoms with Gasteiger partial charge >= 0.3 is 5.97 Å². The molecule has 174 valence electrons. The molecule has 32 heavy (non-hydrogen) atoms. The highest BCUT2D eigenvalue weighted by Crippen LogP contribution is 2.26. The smallest absolute Gasteiger partial charge is 0.314 e. The lowest BCUT2D eigenvalue weighted by Crippen LogP contribution is -2.14. The number of aromatic nitrogens is 2. The third kappa shape index (κ3) is 7.44. The summed E-state index contributed by atoms with van der Waals surface area (Å²) in [5.41, 5.74) is 1.85. The number of benzene rings is 1. The highest BCUT2D eigenvalue weighted by Gasteiger charge is 2.14. The van der Waals surface area contributed by atoms with Crippen LogP contribution in [0.25, 0.3) is 16.2 Å². The Labute approximate surface area is 194 Å². The van der Waals surface area contributed by atoms with Gasteiger partial charge in [-0.25, -0.2) is 9.37 Å². The van der Waals surface area contributed by atoms with Crippen LogP contribution in [0.15, 0.2) is 36.7 Å². The molecule has 4 nitrogen and oxygen atoms in total. The number of nitrogens with zero attached hydrogens (tertiary/aromatic N) is 2. The quantitative estimate of drug-likeness (QED) is 0.141. The molecule has 0 saturated carbocycles. The van der Waals surface area contributed by atoms with Crippen LogP contribution in [-0.4, -0.2) is 21.5 Å². The Kier molecular flexibility index (Phi) is 9.72. The average Bonchev–Trinajstić information content (AvgIpc) is 3.34. The first-order valence-corrected chi connectivity index (χ1v) is 12.8. The number of alkyl halides is 1. The van der Waals surface area contributed by atoms with Crippen molar-refractivity contribution < 1.29 is 13.9 Å². The van der Waals surface area contributed by atoms with E-state index in [-0.39, 0.29) is 6.42 Å². The maximum absolute atomic E-state index is 13.7. The topological polar surface area (TPSA) is 43.6 Å². The summed E-state index contributed by atoms with van der Waals surface area (Å²) in [4.78, 5) is 19.0. The fourth-order valence-electron chi connectivity index (χ4n) is 3.75. The Balaban J connectivity index is 1.50. The number of hydrogen-bond donors (Lipinski definition) is 0. The molecule has 0 aliphatic carbocycles. The van der Waals surface area contributed by atoms with E-state index in [0.717, 1.165) is 35.5 Å². The first kappa shape index (κ1) is 24.4. The van der Waals surface area contributed by atoms with Crippen LogP contribution in [0.5, 0.6) is 5.75 Å². The van der Waals surface area contributed by atoms with Gasteiger partial charge in [-0.1, -0.05) is 58.8 Å². The number of rotatable bonds is 14. The number of ether oxygens (including phenoxy) is 1. The van der Waals surface area contributed by atoms with Crippen molar-refractivity contribution in [2.24, 2.45) is 0 Å². The minimum Gasteiger partial charge on any atom is -0.426 e. The molecule has 0 saturated heterocycles. The Morgan fingerprint density at radius 2 is 1.75 bits per heavy atom. The van der Waals surface area contributed by atoms with Crippen molar-refractivity contribution >= 4 is 22.3 Å². The van der Waals surface area contributed by atoms with Gasteiger partial charge in [-0.2, -0.15) is 0 Å². The molecule has 1 atom stereocenters. The minimum absolute atomic E-state index is 0.194. The SMILES string of the molecule is CCCCCCCCc1cn2cc(-c3ccc(OC(=O)C[C@H](F)CCCC)cc3)nc2s1. The number of thiazole rings is 1. The molecule has 2 aromatic heterocycles. The standard InChI is InChI=1S/C26H35FN2O2S/c1-3-5-7-8-9-10-12-23-18-29-19-24(28-26(29)32-23)20-13-15-22(16-14-20)31-25(30)17-21(27)11-6-4-2/h13-16,18-19,21H,3-12,17H2,1-2H3/t21-/m1/s1. The summed E-state index contributed by atoms with van der Waals surface area (Å²) in [5.74, 6) is -0.0922. The van der Waals surface area contributed by atoms with Crippen LogP contribution in [0.4, 0.5) is 4.39 Å². The van der Waals surface area contributed by atoms with E-state index in [9.17, 15) is 9.18 Å². The summed E-state index contributed by atoms with van der Waals surface area (Å²) in [6.07, 6.45) is 14.0. The van der Waals surface area contributed by atoms with Gasteiger partial charge in [0.1, 0.15) is 11.9 Å². The molecule has 0 amide bonds. The van der Waals surface area contributed by atoms with Gasteiger partial charge in [0.25, 0.3) is 0 Å². The van der Waals surface area contributed by atoms with E-state index < -0.39 is 12.1 Å². The number of unbranched alkanes of at least 4 members (excludes halogenated alkanes) is 6. The van der Waals surface area contributed by atoms with E-state index in [0.29, 0.717) is 12.2 Å². The molecular formula is C26H35FN2O2S. The van der Waals surface area contributed by atoms with Crippen LogP contribution < -0.4 is 4.74 Å². The molecule has 0 aliphatic heterocycles. The third-order valence-electron chi connectivity index (χ3n) is 5.62. The summed E-state index contributed by atoms with van der Waals surface area (Å²) >= 11 is 1.75. The van der Waals surface area contributed by atoms with E-state index in [1.165, 1.54) is 43.4 Å². The van der Waals surface area contributed by atoms with Crippen LogP contribution in [0, 0.1) is 0 Å². The number of aryl methyl sites for hydroxylation is 1. The molecular weight excluding hydrogens is 423 g/mol. The Morgan fingerprint density at radius 1 is 1.03 bits per heavy atom. The van der Waals surface area contributed by atoms with E-state index >= 15 is 0 Å². The van der Waals surface area contributed by atoms with Crippen molar-refractivity contribution in [3.63, 3.8) is 0 Å². The molecule has 0 bridgehead atoms. The Morgan fingerprint density at radius 3 is 2.47 bits per heavy atom. The second-order valence-electron chi connectivity index (χ2n) is 8.47. The van der Waals surface area contributed by atoms with Gasteiger partial charge in [-0.3, -0.25) is 9.20 Å². The van der Waals surface area contributed by atoms with Crippen molar-refractivity contribution in [3.8, 4) is 17.0 Å². The zero-order chi connectivity index (χ0) is 22.8. The van der Waals surface area contributed by atoms with Crippen molar-refractivity contribution in [3.05, 3.63) is 41.5 Å². The number of carbonyl (C=O) groups is 1. The van der Waals surface area contributed by atoms with Crippen molar-refractivity contribution in [1.29, 1.82) is 0 Å². The molecule has 3 aromatic rings. The van der Waals surface area contributed by atoms with Gasteiger partial charge in [0, 0.05) is 22.8 Å². The third-order valence-corrected chi connectivity index (χ3v) is 6.68. The van der Waals surface area contributed by atoms with Crippen molar-refractivity contribution in [2.45, 2.75) is 90.6 Å². The zero-order valence-corrected chi connectivity index (χ0v) is 20.1. The molecule has 0 unspecified atom stereocenters. The van der Waals surface area contributed by atoms with Crippen molar-refractivity contribution in [2.75, 3.05) is 0 Å². The van der Waals surface area contributed by atoms with E-state index in [1.54, 1.807) is 23.5 Å². The van der Waals surface area contributed by atoms with Crippen LogP contribution >= 0.6 is 11.3 Å². The van der Waals surface area contributed by atoms with E-state index in [1.807, 2.05) is 25.3 Å². The molecule has 2 heterocycles. The zero-order valence-electron chi connectivity index (χ0n) is 19.3. The number of hydrogen-bond acceptors (Lipinski definition) is 4. The number of imidazole rings is 1. The number of fused-ring (bicyclic) bond motifs is 1. The molecule has 0 N–H and O–H groups in total. The fraction of sp³-hybridized carbons (Fsp3) is 0.538. The van der Waals surface area contributed by atoms with Gasteiger partial charge < -0.3 is 4.74 Å². The van der Waals surface area contributed by atoms with Gasteiger partial charge in [-0.05, 0) is 43.5 Å². The first-order valence-electron chi connectivity index (χ1n) is 12.0. The molecule has 6 heteroatoms. The average molecular weight is 459 g/mol. The largest absolute Gasteiger partial charge is 0.426 e. The summed E-state index contributed by atoms with van der Waals surface area (Å²) in [7, 11) is 0.